The monoisotopic (exact) mass is 149 g/mol. The Morgan fingerprint density at radius 3 is 2.64 bits per heavy atom. The van der Waals surface area contributed by atoms with Gasteiger partial charge in [-0.2, -0.15) is 0 Å². The topological polar surface area (TPSA) is 22.0 Å². The summed E-state index contributed by atoms with van der Waals surface area (Å²) in [5, 5.41) is 0. The minimum atomic E-state index is 0.00509. The minimum absolute atomic E-state index is 0.00509. The smallest absolute Gasteiger partial charge is 0.250 e. The van der Waals surface area contributed by atoms with Crippen molar-refractivity contribution in [1.82, 2.24) is 4.57 Å². The van der Waals surface area contributed by atoms with Crippen LogP contribution >= 0.6 is 0 Å². The van der Waals surface area contributed by atoms with Crippen LogP contribution in [0.2, 0.25) is 0 Å². The zero-order chi connectivity index (χ0) is 8.43. The molecule has 1 rings (SSSR count). The third-order valence-corrected chi connectivity index (χ3v) is 1.62. The van der Waals surface area contributed by atoms with E-state index in [2.05, 4.69) is 6.58 Å². The highest BCUT2D eigenvalue weighted by atomic mass is 16.1. The summed E-state index contributed by atoms with van der Waals surface area (Å²) < 4.78 is 1.59. The molecule has 1 aromatic rings. The predicted octanol–water partition coefficient (Wildman–Crippen LogP) is 1.42. The zero-order valence-electron chi connectivity index (χ0n) is 6.79. The number of rotatable bonds is 1. The standard InChI is InChI=1S/C9H11NO/c1-7(2)8-5-4-6-9(11)10(8)3/h4-6H,1H2,2-3H3. The average molecular weight is 149 g/mol. The fraction of sp³-hybridized carbons (Fsp3) is 0.222. The number of nitrogens with zero attached hydrogens (tertiary/aromatic N) is 1. The number of aromatic nitrogens is 1. The lowest BCUT2D eigenvalue weighted by Gasteiger charge is -2.05. The van der Waals surface area contributed by atoms with E-state index in [-0.39, 0.29) is 5.56 Å². The Morgan fingerprint density at radius 1 is 1.55 bits per heavy atom. The molecule has 0 saturated heterocycles. The summed E-state index contributed by atoms with van der Waals surface area (Å²) in [4.78, 5) is 11.1. The molecule has 0 fully saturated rings. The number of allylic oxidation sites excluding steroid dienone is 1. The van der Waals surface area contributed by atoms with Gasteiger partial charge in [0.25, 0.3) is 5.56 Å². The third kappa shape index (κ3) is 1.40. The summed E-state index contributed by atoms with van der Waals surface area (Å²) in [6.07, 6.45) is 0. The average Bonchev–Trinajstić information content (AvgIpc) is 1.94. The molecule has 0 aromatic carbocycles. The van der Waals surface area contributed by atoms with Crippen LogP contribution in [0, 0.1) is 0 Å². The molecule has 0 radical (unpaired) electrons. The minimum Gasteiger partial charge on any atom is -0.312 e. The Hall–Kier alpha value is -1.31. The molecule has 0 aliphatic rings. The summed E-state index contributed by atoms with van der Waals surface area (Å²) in [6, 6.07) is 5.16. The molecule has 11 heavy (non-hydrogen) atoms. The van der Waals surface area contributed by atoms with E-state index in [1.165, 1.54) is 6.07 Å². The van der Waals surface area contributed by atoms with Gasteiger partial charge in [-0.25, -0.2) is 0 Å². The van der Waals surface area contributed by atoms with Gasteiger partial charge < -0.3 is 4.57 Å². The summed E-state index contributed by atoms with van der Waals surface area (Å²) in [7, 11) is 1.74. The Bertz CT molecular complexity index is 336. The Labute approximate surface area is 65.8 Å². The van der Waals surface area contributed by atoms with Gasteiger partial charge in [-0.3, -0.25) is 4.79 Å². The predicted molar refractivity (Wildman–Crippen MR) is 46.4 cm³/mol. The van der Waals surface area contributed by atoms with Crippen molar-refractivity contribution in [2.75, 3.05) is 0 Å². The normalized spacial score (nSPS) is 9.64. The van der Waals surface area contributed by atoms with Gasteiger partial charge in [0.05, 0.1) is 0 Å². The van der Waals surface area contributed by atoms with Crippen molar-refractivity contribution in [3.8, 4) is 0 Å². The second-order valence-corrected chi connectivity index (χ2v) is 2.59. The Balaban J connectivity index is 3.39. The van der Waals surface area contributed by atoms with Gasteiger partial charge >= 0.3 is 0 Å². The highest BCUT2D eigenvalue weighted by Crippen LogP contribution is 2.06. The largest absolute Gasteiger partial charge is 0.312 e. The van der Waals surface area contributed by atoms with E-state index in [4.69, 9.17) is 0 Å². The van der Waals surface area contributed by atoms with Crippen LogP contribution in [-0.2, 0) is 7.05 Å². The molecule has 0 atom stereocenters. The van der Waals surface area contributed by atoms with E-state index >= 15 is 0 Å². The lowest BCUT2D eigenvalue weighted by molar-refractivity contribution is 0.842. The molecule has 2 heteroatoms. The molecule has 1 heterocycles. The lowest BCUT2D eigenvalue weighted by atomic mass is 10.2. The highest BCUT2D eigenvalue weighted by molar-refractivity contribution is 5.57. The van der Waals surface area contributed by atoms with Crippen molar-refractivity contribution in [1.29, 1.82) is 0 Å². The summed E-state index contributed by atoms with van der Waals surface area (Å²) in [5.41, 5.74) is 1.80. The molecule has 0 amide bonds. The van der Waals surface area contributed by atoms with Gasteiger partial charge in [-0.05, 0) is 18.6 Å². The second-order valence-electron chi connectivity index (χ2n) is 2.59. The van der Waals surface area contributed by atoms with Crippen LogP contribution in [0.3, 0.4) is 0 Å². The zero-order valence-corrected chi connectivity index (χ0v) is 6.79. The number of hydrogen-bond acceptors (Lipinski definition) is 1. The van der Waals surface area contributed by atoms with Gasteiger partial charge in [0.2, 0.25) is 0 Å². The van der Waals surface area contributed by atoms with Crippen LogP contribution in [-0.4, -0.2) is 4.57 Å². The van der Waals surface area contributed by atoms with E-state index in [0.29, 0.717) is 0 Å². The van der Waals surface area contributed by atoms with Gasteiger partial charge in [-0.15, -0.1) is 0 Å². The summed E-state index contributed by atoms with van der Waals surface area (Å²) in [6.45, 7) is 5.65. The fourth-order valence-corrected chi connectivity index (χ4v) is 0.992. The van der Waals surface area contributed by atoms with E-state index in [9.17, 15) is 4.79 Å². The van der Waals surface area contributed by atoms with Crippen molar-refractivity contribution < 1.29 is 0 Å². The molecule has 0 aliphatic heterocycles. The first-order chi connectivity index (χ1) is 5.13. The van der Waals surface area contributed by atoms with Crippen LogP contribution in [0.25, 0.3) is 5.57 Å². The van der Waals surface area contributed by atoms with Crippen molar-refractivity contribution in [2.45, 2.75) is 6.92 Å². The van der Waals surface area contributed by atoms with Gasteiger partial charge in [0.1, 0.15) is 0 Å². The fourth-order valence-electron chi connectivity index (χ4n) is 0.992. The first kappa shape index (κ1) is 7.79. The van der Waals surface area contributed by atoms with Crippen molar-refractivity contribution in [2.24, 2.45) is 7.05 Å². The van der Waals surface area contributed by atoms with Gasteiger partial charge in [-0.1, -0.05) is 12.6 Å². The maximum atomic E-state index is 11.1. The number of pyridine rings is 1. The SMILES string of the molecule is C=C(C)c1cccc(=O)n1C. The van der Waals surface area contributed by atoms with Gasteiger partial charge in [0, 0.05) is 18.8 Å². The Kier molecular flexibility index (Phi) is 1.94. The maximum absolute atomic E-state index is 11.1. The molecule has 0 bridgehead atoms. The number of hydrogen-bond donors (Lipinski definition) is 0. The van der Waals surface area contributed by atoms with Crippen LogP contribution in [0.1, 0.15) is 12.6 Å². The third-order valence-electron chi connectivity index (χ3n) is 1.62. The van der Waals surface area contributed by atoms with E-state index in [1.54, 1.807) is 17.7 Å². The lowest BCUT2D eigenvalue weighted by Crippen LogP contribution is -2.17. The molecule has 0 aliphatic carbocycles. The molecular weight excluding hydrogens is 138 g/mol. The maximum Gasteiger partial charge on any atom is 0.250 e. The Morgan fingerprint density at radius 2 is 2.18 bits per heavy atom. The second kappa shape index (κ2) is 2.74. The van der Waals surface area contributed by atoms with E-state index in [1.807, 2.05) is 13.0 Å². The quantitative estimate of drug-likeness (QED) is 0.592. The van der Waals surface area contributed by atoms with E-state index in [0.717, 1.165) is 11.3 Å². The first-order valence-electron chi connectivity index (χ1n) is 3.45. The summed E-state index contributed by atoms with van der Waals surface area (Å²) in [5.74, 6) is 0. The molecule has 0 saturated carbocycles. The highest BCUT2D eigenvalue weighted by Gasteiger charge is 1.97. The van der Waals surface area contributed by atoms with Crippen LogP contribution in [0.5, 0.6) is 0 Å². The van der Waals surface area contributed by atoms with Gasteiger partial charge in [0.15, 0.2) is 0 Å². The first-order valence-corrected chi connectivity index (χ1v) is 3.45. The van der Waals surface area contributed by atoms with E-state index < -0.39 is 0 Å². The molecule has 0 N–H and O–H groups in total. The molecule has 58 valence electrons. The van der Waals surface area contributed by atoms with Crippen molar-refractivity contribution >= 4 is 5.57 Å². The molecule has 2 nitrogen and oxygen atoms in total. The van der Waals surface area contributed by atoms with Crippen LogP contribution in [0.4, 0.5) is 0 Å². The van der Waals surface area contributed by atoms with Crippen LogP contribution < -0.4 is 5.56 Å². The molecule has 0 unspecified atom stereocenters. The molecule has 1 aromatic heterocycles. The van der Waals surface area contributed by atoms with Crippen molar-refractivity contribution in [3.63, 3.8) is 0 Å². The molecular formula is C9H11NO. The summed E-state index contributed by atoms with van der Waals surface area (Å²) >= 11 is 0. The van der Waals surface area contributed by atoms with Crippen molar-refractivity contribution in [3.05, 3.63) is 40.8 Å². The molecule has 0 spiro atoms. The van der Waals surface area contributed by atoms with Crippen LogP contribution in [0.15, 0.2) is 29.6 Å².